The highest BCUT2D eigenvalue weighted by Gasteiger charge is 2.36. The van der Waals surface area contributed by atoms with Gasteiger partial charge in [0.15, 0.2) is 0 Å². The molecule has 3 aromatic rings. The number of hydrogen-bond donors (Lipinski definition) is 3. The van der Waals surface area contributed by atoms with Gasteiger partial charge in [-0.05, 0) is 25.5 Å². The first-order valence-corrected chi connectivity index (χ1v) is 10.6. The monoisotopic (exact) mass is 462 g/mol. The number of anilines is 1. The number of nitrogens with zero attached hydrogens (tertiary/aromatic N) is 3. The summed E-state index contributed by atoms with van der Waals surface area (Å²) in [5.41, 5.74) is -0.166. The lowest BCUT2D eigenvalue weighted by molar-refractivity contribution is -0.137. The molecule has 0 bridgehead atoms. The van der Waals surface area contributed by atoms with Crippen molar-refractivity contribution in [1.82, 2.24) is 25.2 Å². The molecule has 3 heterocycles. The summed E-state index contributed by atoms with van der Waals surface area (Å²) < 4.78 is 48.6. The Balaban J connectivity index is 1.90. The van der Waals surface area contributed by atoms with E-state index in [1.165, 1.54) is 20.4 Å². The Morgan fingerprint density at radius 1 is 1.36 bits per heavy atom. The molecule has 0 radical (unpaired) electrons. The van der Waals surface area contributed by atoms with Gasteiger partial charge in [-0.1, -0.05) is 12.1 Å². The molecule has 0 saturated carbocycles. The minimum Gasteiger partial charge on any atom is -0.364 e. The second-order valence-corrected chi connectivity index (χ2v) is 7.85. The molecular weight excluding hydrogens is 437 g/mol. The van der Waals surface area contributed by atoms with Gasteiger partial charge in [-0.2, -0.15) is 13.2 Å². The Labute approximate surface area is 188 Å². The smallest absolute Gasteiger partial charge is 0.364 e. The molecule has 0 aliphatic carbocycles. The summed E-state index contributed by atoms with van der Waals surface area (Å²) in [4.78, 5) is 20.7. The highest BCUT2D eigenvalue weighted by atomic mass is 19.4. The van der Waals surface area contributed by atoms with E-state index >= 15 is 0 Å². The molecule has 1 atom stereocenters. The summed E-state index contributed by atoms with van der Waals surface area (Å²) >= 11 is 0. The van der Waals surface area contributed by atoms with Gasteiger partial charge in [0.05, 0.1) is 16.8 Å². The molecule has 11 heteroatoms. The Morgan fingerprint density at radius 3 is 2.85 bits per heavy atom. The van der Waals surface area contributed by atoms with Crippen LogP contribution >= 0.6 is 0 Å². The molecule has 33 heavy (non-hydrogen) atoms. The number of alkyl halides is 3. The van der Waals surface area contributed by atoms with Crippen molar-refractivity contribution in [2.75, 3.05) is 32.6 Å². The van der Waals surface area contributed by atoms with Crippen LogP contribution in [0.15, 0.2) is 30.6 Å². The summed E-state index contributed by atoms with van der Waals surface area (Å²) in [7, 11) is 2.97. The zero-order valence-electron chi connectivity index (χ0n) is 18.3. The number of fused-ring (bicyclic) bond motifs is 1. The summed E-state index contributed by atoms with van der Waals surface area (Å²) in [5, 5.41) is 9.42. The number of rotatable bonds is 6. The maximum Gasteiger partial charge on any atom is 0.419 e. The third-order valence-corrected chi connectivity index (χ3v) is 5.62. The first-order valence-electron chi connectivity index (χ1n) is 10.6. The van der Waals surface area contributed by atoms with E-state index in [1.54, 1.807) is 22.8 Å². The van der Waals surface area contributed by atoms with Crippen LogP contribution < -0.4 is 16.0 Å². The Kier molecular flexibility index (Phi) is 6.52. The van der Waals surface area contributed by atoms with Crippen molar-refractivity contribution in [3.05, 3.63) is 41.7 Å². The molecule has 1 aromatic carbocycles. The molecule has 0 unspecified atom stereocenters. The number of carbonyl (C=O) groups excluding carboxylic acids is 1. The van der Waals surface area contributed by atoms with E-state index < -0.39 is 11.7 Å². The largest absolute Gasteiger partial charge is 0.419 e. The number of carbonyl (C=O) groups is 1. The molecular formula is C22H25F3N6O2. The normalized spacial score (nSPS) is 16.7. The Bertz CT molecular complexity index is 1150. The third-order valence-electron chi connectivity index (χ3n) is 5.62. The SMILES string of the molecule is CNC(=O)c1cccc2c(-c3nc(N[C@H]4CCCNC4)ncc3C(F)(F)F)cn(COC)c12. The number of hydrogen-bond acceptors (Lipinski definition) is 6. The number of amides is 1. The lowest BCUT2D eigenvalue weighted by atomic mass is 10.0. The number of methoxy groups -OCH3 is 1. The van der Waals surface area contributed by atoms with Gasteiger partial charge in [0.2, 0.25) is 5.95 Å². The van der Waals surface area contributed by atoms with Crippen molar-refractivity contribution in [3.8, 4) is 11.3 Å². The fourth-order valence-electron chi connectivity index (χ4n) is 4.13. The molecule has 2 aromatic heterocycles. The molecule has 176 valence electrons. The number of ether oxygens (including phenoxy) is 1. The van der Waals surface area contributed by atoms with Gasteiger partial charge < -0.3 is 25.3 Å². The van der Waals surface area contributed by atoms with Crippen LogP contribution in [0.1, 0.15) is 28.8 Å². The van der Waals surface area contributed by atoms with Crippen LogP contribution in [0.4, 0.5) is 19.1 Å². The van der Waals surface area contributed by atoms with E-state index in [2.05, 4.69) is 25.9 Å². The lowest BCUT2D eigenvalue weighted by Crippen LogP contribution is -2.38. The average molecular weight is 462 g/mol. The number of halogens is 3. The molecule has 1 aliphatic heterocycles. The van der Waals surface area contributed by atoms with Gasteiger partial charge in [-0.25, -0.2) is 9.97 Å². The second-order valence-electron chi connectivity index (χ2n) is 7.85. The van der Waals surface area contributed by atoms with Crippen molar-refractivity contribution < 1.29 is 22.7 Å². The van der Waals surface area contributed by atoms with Crippen molar-refractivity contribution in [3.63, 3.8) is 0 Å². The highest BCUT2D eigenvalue weighted by molar-refractivity contribution is 6.09. The van der Waals surface area contributed by atoms with Crippen LogP contribution in [-0.2, 0) is 17.6 Å². The predicted molar refractivity (Wildman–Crippen MR) is 118 cm³/mol. The molecule has 1 aliphatic rings. The summed E-state index contributed by atoms with van der Waals surface area (Å²) in [5.74, 6) is -0.227. The van der Waals surface area contributed by atoms with Gasteiger partial charge in [0.25, 0.3) is 5.91 Å². The van der Waals surface area contributed by atoms with E-state index in [0.29, 0.717) is 23.0 Å². The number of benzene rings is 1. The van der Waals surface area contributed by atoms with E-state index in [9.17, 15) is 18.0 Å². The molecule has 4 rings (SSSR count). The van der Waals surface area contributed by atoms with Gasteiger partial charge in [-0.15, -0.1) is 0 Å². The van der Waals surface area contributed by atoms with Crippen molar-refractivity contribution in [1.29, 1.82) is 0 Å². The maximum absolute atomic E-state index is 13.9. The van der Waals surface area contributed by atoms with Gasteiger partial charge in [-0.3, -0.25) is 4.79 Å². The fraction of sp³-hybridized carbons (Fsp3) is 0.409. The van der Waals surface area contributed by atoms with E-state index in [0.717, 1.165) is 25.6 Å². The maximum atomic E-state index is 13.9. The minimum atomic E-state index is -4.66. The predicted octanol–water partition coefficient (Wildman–Crippen LogP) is 3.24. The standard InChI is InChI=1S/C22H25F3N6O2/c1-26-20(32)15-7-3-6-14-16(11-31(12-33-2)19(14)15)18-17(22(23,24)25)10-28-21(30-18)29-13-5-4-8-27-9-13/h3,6-7,10-11,13,27H,4-5,8-9,12H2,1-2H3,(H,26,32)(H,28,29,30)/t13-/m0/s1. The van der Waals surface area contributed by atoms with Crippen molar-refractivity contribution in [2.45, 2.75) is 31.8 Å². The average Bonchev–Trinajstić information content (AvgIpc) is 3.17. The van der Waals surface area contributed by atoms with E-state index in [4.69, 9.17) is 4.74 Å². The number of nitrogens with one attached hydrogen (secondary N) is 3. The number of piperidine rings is 1. The molecule has 1 saturated heterocycles. The van der Waals surface area contributed by atoms with Crippen LogP contribution in [0.3, 0.4) is 0 Å². The quantitative estimate of drug-likeness (QED) is 0.521. The Hall–Kier alpha value is -3.18. The number of aromatic nitrogens is 3. The summed E-state index contributed by atoms with van der Waals surface area (Å²) in [6, 6.07) is 4.95. The fourth-order valence-corrected chi connectivity index (χ4v) is 4.13. The van der Waals surface area contributed by atoms with Crippen LogP contribution in [0.2, 0.25) is 0 Å². The van der Waals surface area contributed by atoms with Gasteiger partial charge in [0, 0.05) is 50.1 Å². The van der Waals surface area contributed by atoms with Crippen molar-refractivity contribution >= 4 is 22.8 Å². The first-order chi connectivity index (χ1) is 15.8. The lowest BCUT2D eigenvalue weighted by Gasteiger charge is -2.24. The van der Waals surface area contributed by atoms with Crippen LogP contribution in [0.5, 0.6) is 0 Å². The molecule has 1 fully saturated rings. The van der Waals surface area contributed by atoms with Crippen LogP contribution in [0, 0.1) is 0 Å². The van der Waals surface area contributed by atoms with Gasteiger partial charge >= 0.3 is 6.18 Å². The van der Waals surface area contributed by atoms with Crippen molar-refractivity contribution in [2.24, 2.45) is 0 Å². The summed E-state index contributed by atoms with van der Waals surface area (Å²) in [6.07, 6.45) is -0.491. The minimum absolute atomic E-state index is 0.0259. The summed E-state index contributed by atoms with van der Waals surface area (Å²) in [6.45, 7) is 1.64. The van der Waals surface area contributed by atoms with Gasteiger partial charge in [0.1, 0.15) is 12.3 Å². The Morgan fingerprint density at radius 2 is 2.18 bits per heavy atom. The topological polar surface area (TPSA) is 93.1 Å². The van der Waals surface area contributed by atoms with E-state index in [1.807, 2.05) is 0 Å². The van der Waals surface area contributed by atoms with E-state index in [-0.39, 0.29) is 35.9 Å². The zero-order chi connectivity index (χ0) is 23.6. The molecule has 1 amide bonds. The number of para-hydroxylation sites is 1. The first kappa shape index (κ1) is 23.0. The molecule has 0 spiro atoms. The highest BCUT2D eigenvalue weighted by Crippen LogP contribution is 2.40. The molecule has 8 nitrogen and oxygen atoms in total. The second kappa shape index (κ2) is 9.36. The zero-order valence-corrected chi connectivity index (χ0v) is 18.3. The van der Waals surface area contributed by atoms with Crippen LogP contribution in [0.25, 0.3) is 22.2 Å². The molecule has 3 N–H and O–H groups in total. The third kappa shape index (κ3) is 4.64. The van der Waals surface area contributed by atoms with Crippen LogP contribution in [-0.4, -0.2) is 53.7 Å².